The molecule has 60 heavy (non-hydrogen) atoms. The van der Waals surface area contributed by atoms with Gasteiger partial charge in [-0.3, -0.25) is 0 Å². The van der Waals surface area contributed by atoms with Crippen LogP contribution in [0.15, 0.2) is 78.9 Å². The molecule has 7 nitrogen and oxygen atoms in total. The highest BCUT2D eigenvalue weighted by atomic mass is 16.5. The maximum absolute atomic E-state index is 12.2. The minimum atomic E-state index is -1.23. The number of rotatable bonds is 26. The molecule has 1 saturated carbocycles. The summed E-state index contributed by atoms with van der Waals surface area (Å²) in [5.74, 6) is 1.44. The zero-order chi connectivity index (χ0) is 43.5. The van der Waals surface area contributed by atoms with E-state index >= 15 is 0 Å². The fourth-order valence-corrected chi connectivity index (χ4v) is 8.46. The number of aryl methyl sites for hydroxylation is 3. The van der Waals surface area contributed by atoms with Crippen molar-refractivity contribution in [2.45, 2.75) is 155 Å². The predicted octanol–water partition coefficient (Wildman–Crippen LogP) is 12.2. The van der Waals surface area contributed by atoms with Gasteiger partial charge in [0.2, 0.25) is 0 Å². The van der Waals surface area contributed by atoms with Crippen LogP contribution in [0.2, 0.25) is 0 Å². The summed E-state index contributed by atoms with van der Waals surface area (Å²) >= 11 is 0. The molecule has 2 N–H and O–H groups in total. The van der Waals surface area contributed by atoms with Crippen molar-refractivity contribution in [3.05, 3.63) is 101 Å². The second kappa shape index (κ2) is 24.9. The van der Waals surface area contributed by atoms with Gasteiger partial charge < -0.3 is 24.4 Å². The van der Waals surface area contributed by atoms with Crippen molar-refractivity contribution in [1.29, 1.82) is 0 Å². The van der Waals surface area contributed by atoms with Crippen LogP contribution in [0, 0.1) is 5.92 Å². The van der Waals surface area contributed by atoms with Crippen molar-refractivity contribution in [2.75, 3.05) is 26.4 Å². The minimum absolute atomic E-state index is 0.212. The van der Waals surface area contributed by atoms with Crippen molar-refractivity contribution in [2.24, 2.45) is 5.92 Å². The van der Waals surface area contributed by atoms with Crippen LogP contribution in [0.1, 0.15) is 153 Å². The average Bonchev–Trinajstić information content (AvgIpc) is 3.26. The summed E-state index contributed by atoms with van der Waals surface area (Å²) < 4.78 is 17.5. The van der Waals surface area contributed by atoms with Crippen LogP contribution in [-0.4, -0.2) is 54.2 Å². The molecule has 1 aliphatic carbocycles. The largest absolute Gasteiger partial charge is 0.493 e. The van der Waals surface area contributed by atoms with Crippen molar-refractivity contribution in [1.82, 2.24) is 0 Å². The lowest BCUT2D eigenvalue weighted by Crippen LogP contribution is -2.35. The number of unbranched alkanes of at least 4 members (excludes halogenated alkanes) is 3. The molecule has 0 heterocycles. The van der Waals surface area contributed by atoms with Crippen LogP contribution in [0.3, 0.4) is 0 Å². The number of aliphatic hydroxyl groups is 2. The second-order valence-corrected chi connectivity index (χ2v) is 17.3. The Morgan fingerprint density at radius 2 is 1.25 bits per heavy atom. The van der Waals surface area contributed by atoms with E-state index < -0.39 is 17.5 Å². The Bertz CT molecular complexity index is 1780. The lowest BCUT2D eigenvalue weighted by molar-refractivity contribution is -0.139. The number of aliphatic hydroxyl groups excluding tert-OH is 1. The molecule has 1 aliphatic rings. The van der Waals surface area contributed by atoms with E-state index in [1.54, 1.807) is 13.8 Å². The van der Waals surface area contributed by atoms with Gasteiger partial charge in [-0.25, -0.2) is 9.59 Å². The Labute approximate surface area is 361 Å². The summed E-state index contributed by atoms with van der Waals surface area (Å²) in [4.78, 5) is 24.4. The zero-order valence-corrected chi connectivity index (χ0v) is 37.5. The quantitative estimate of drug-likeness (QED) is 0.0472. The molecule has 0 aromatic heterocycles. The molecule has 3 aromatic carbocycles. The summed E-state index contributed by atoms with van der Waals surface area (Å²) in [6.07, 6.45) is 16.4. The van der Waals surface area contributed by atoms with E-state index in [1.807, 2.05) is 0 Å². The van der Waals surface area contributed by atoms with E-state index in [0.717, 1.165) is 47.4 Å². The molecule has 328 valence electrons. The fourth-order valence-electron chi connectivity index (χ4n) is 8.46. The summed E-state index contributed by atoms with van der Waals surface area (Å²) in [5.41, 5.74) is 8.75. The molecule has 1 fully saturated rings. The van der Waals surface area contributed by atoms with Gasteiger partial charge in [-0.1, -0.05) is 115 Å². The maximum atomic E-state index is 12.2. The van der Waals surface area contributed by atoms with Gasteiger partial charge in [-0.05, 0) is 147 Å². The topological polar surface area (TPSA) is 102 Å². The number of ether oxygens (including phenoxy) is 3. The van der Waals surface area contributed by atoms with Gasteiger partial charge in [0.05, 0.1) is 32.0 Å². The first-order valence-corrected chi connectivity index (χ1v) is 22.9. The van der Waals surface area contributed by atoms with Gasteiger partial charge in [0, 0.05) is 17.6 Å². The molecule has 4 rings (SSSR count). The Kier molecular flexibility index (Phi) is 20.1. The number of hydrogen-bond donors (Lipinski definition) is 2. The van der Waals surface area contributed by atoms with E-state index in [0.29, 0.717) is 54.9 Å². The Morgan fingerprint density at radius 1 is 0.683 bits per heavy atom. The molecular weight excluding hydrogens is 749 g/mol. The van der Waals surface area contributed by atoms with E-state index in [-0.39, 0.29) is 32.8 Å². The number of carbonyl (C=O) groups excluding carboxylic acids is 2. The van der Waals surface area contributed by atoms with Crippen LogP contribution >= 0.6 is 0 Å². The highest BCUT2D eigenvalue weighted by molar-refractivity contribution is 5.87. The highest BCUT2D eigenvalue weighted by Gasteiger charge is 2.26. The Hall–Kier alpha value is -4.20. The molecule has 1 unspecified atom stereocenters. The molecule has 0 bridgehead atoms. The first-order chi connectivity index (χ1) is 28.9. The van der Waals surface area contributed by atoms with Crippen molar-refractivity contribution >= 4 is 11.9 Å². The smallest absolute Gasteiger partial charge is 0.333 e. The average molecular weight is 823 g/mol. The number of esters is 2. The Balaban J connectivity index is 1.63. The number of hydrogen-bond acceptors (Lipinski definition) is 7. The van der Waals surface area contributed by atoms with Gasteiger partial charge in [0.15, 0.2) is 0 Å². The van der Waals surface area contributed by atoms with Crippen LogP contribution in [0.5, 0.6) is 5.75 Å². The van der Waals surface area contributed by atoms with E-state index in [1.165, 1.54) is 73.6 Å². The summed E-state index contributed by atoms with van der Waals surface area (Å²) in [6, 6.07) is 20.4. The molecule has 0 spiro atoms. The van der Waals surface area contributed by atoms with Crippen molar-refractivity contribution < 1.29 is 34.0 Å². The minimum Gasteiger partial charge on any atom is -0.493 e. The molecule has 0 amide bonds. The highest BCUT2D eigenvalue weighted by Crippen LogP contribution is 2.40. The molecule has 0 saturated heterocycles. The van der Waals surface area contributed by atoms with Crippen LogP contribution < -0.4 is 4.74 Å². The SMILES string of the molecule is C=C(C)C(=O)OCCCc1cc(-c2ccc(-c3ccc([C@H]4CC[C@H](CCCCC)CC4)cc3)c(CC)c2)cc(CCCOC(=O)C(=C)C)c1OCCC(O)(CO)CCCC. The molecule has 0 radical (unpaired) electrons. The zero-order valence-electron chi connectivity index (χ0n) is 37.5. The fraction of sp³-hybridized carbons (Fsp3) is 0.547. The summed E-state index contributed by atoms with van der Waals surface area (Å²) in [5, 5.41) is 21.2. The molecule has 3 aromatic rings. The predicted molar refractivity (Wildman–Crippen MR) is 245 cm³/mol. The second-order valence-electron chi connectivity index (χ2n) is 17.3. The van der Waals surface area contributed by atoms with Gasteiger partial charge >= 0.3 is 11.9 Å². The maximum Gasteiger partial charge on any atom is 0.333 e. The van der Waals surface area contributed by atoms with Crippen LogP contribution in [0.4, 0.5) is 0 Å². The third-order valence-corrected chi connectivity index (χ3v) is 12.3. The van der Waals surface area contributed by atoms with Gasteiger partial charge in [0.1, 0.15) is 5.75 Å². The monoisotopic (exact) mass is 823 g/mol. The van der Waals surface area contributed by atoms with Crippen LogP contribution in [-0.2, 0) is 38.3 Å². The third-order valence-electron chi connectivity index (χ3n) is 12.3. The molecule has 7 heteroatoms. The Morgan fingerprint density at radius 3 is 1.78 bits per heavy atom. The first-order valence-electron chi connectivity index (χ1n) is 22.9. The van der Waals surface area contributed by atoms with E-state index in [4.69, 9.17) is 14.2 Å². The van der Waals surface area contributed by atoms with Gasteiger partial charge in [-0.2, -0.15) is 0 Å². The van der Waals surface area contributed by atoms with E-state index in [2.05, 4.69) is 88.5 Å². The van der Waals surface area contributed by atoms with Gasteiger partial charge in [-0.15, -0.1) is 0 Å². The summed E-state index contributed by atoms with van der Waals surface area (Å²) in [7, 11) is 0. The van der Waals surface area contributed by atoms with Crippen molar-refractivity contribution in [3.63, 3.8) is 0 Å². The standard InChI is InChI=1S/C53H74O7/c1-8-11-13-16-40-19-21-42(22-20-40)43-23-25-44(26-24-43)49-28-27-45(34-41(49)10-3)48-35-46(17-14-31-59-51(55)38(4)5)50(58-33-30-53(57,37-54)29-12-9-2)47(36-48)18-15-32-60-52(56)39(6)7/h23-28,34-36,40,42,54,57H,4,6,8-22,29-33,37H2,1-3,5,7H3/t40-,42-,53?. The third kappa shape index (κ3) is 14.8. The summed E-state index contributed by atoms with van der Waals surface area (Å²) in [6.45, 7) is 17.6. The van der Waals surface area contributed by atoms with E-state index in [9.17, 15) is 19.8 Å². The molecule has 1 atom stereocenters. The van der Waals surface area contributed by atoms with Gasteiger partial charge in [0.25, 0.3) is 0 Å². The van der Waals surface area contributed by atoms with Crippen molar-refractivity contribution in [3.8, 4) is 28.0 Å². The normalized spacial score (nSPS) is 16.2. The molecular formula is C53H74O7. The lowest BCUT2D eigenvalue weighted by Gasteiger charge is -2.29. The number of benzene rings is 3. The first kappa shape index (κ1) is 48.5. The number of carbonyl (C=O) groups is 2. The lowest BCUT2D eigenvalue weighted by atomic mass is 9.77. The van der Waals surface area contributed by atoms with Crippen LogP contribution in [0.25, 0.3) is 22.3 Å². The molecule has 0 aliphatic heterocycles.